The van der Waals surface area contributed by atoms with Gasteiger partial charge in [0, 0.05) is 11.8 Å². The van der Waals surface area contributed by atoms with Crippen molar-refractivity contribution in [1.82, 2.24) is 4.98 Å². The first kappa shape index (κ1) is 11.9. The smallest absolute Gasteiger partial charge is 0.335 e. The molecule has 3 heteroatoms. The third-order valence-corrected chi connectivity index (χ3v) is 3.65. The van der Waals surface area contributed by atoms with Gasteiger partial charge in [-0.3, -0.25) is 4.98 Å². The van der Waals surface area contributed by atoms with E-state index >= 15 is 0 Å². The van der Waals surface area contributed by atoms with E-state index in [1.165, 1.54) is 30.0 Å². The molecule has 0 aliphatic heterocycles. The third kappa shape index (κ3) is 2.36. The summed E-state index contributed by atoms with van der Waals surface area (Å²) in [5.41, 5.74) is 4.82. The van der Waals surface area contributed by atoms with Gasteiger partial charge in [-0.1, -0.05) is 12.1 Å². The van der Waals surface area contributed by atoms with Crippen molar-refractivity contribution in [3.8, 4) is 11.3 Å². The summed E-state index contributed by atoms with van der Waals surface area (Å²) >= 11 is 0. The van der Waals surface area contributed by atoms with E-state index in [9.17, 15) is 4.79 Å². The average molecular weight is 253 g/mol. The average Bonchev–Trinajstić information content (AvgIpc) is 2.47. The van der Waals surface area contributed by atoms with Crippen LogP contribution < -0.4 is 0 Å². The quantitative estimate of drug-likeness (QED) is 0.893. The Bertz CT molecular complexity index is 634. The van der Waals surface area contributed by atoms with Crippen LogP contribution in [-0.4, -0.2) is 16.1 Å². The number of aryl methyl sites for hydroxylation is 2. The monoisotopic (exact) mass is 253 g/mol. The fourth-order valence-electron chi connectivity index (χ4n) is 2.61. The van der Waals surface area contributed by atoms with Crippen LogP contribution in [0.1, 0.15) is 34.3 Å². The van der Waals surface area contributed by atoms with Crippen LogP contribution in [-0.2, 0) is 12.8 Å². The molecule has 0 saturated heterocycles. The number of hydrogen-bond acceptors (Lipinski definition) is 2. The number of carbonyl (C=O) groups is 1. The summed E-state index contributed by atoms with van der Waals surface area (Å²) < 4.78 is 0. The van der Waals surface area contributed by atoms with Crippen LogP contribution in [0.25, 0.3) is 11.3 Å². The lowest BCUT2D eigenvalue weighted by molar-refractivity contribution is 0.0697. The molecule has 96 valence electrons. The molecule has 19 heavy (non-hydrogen) atoms. The molecule has 1 N–H and O–H groups in total. The minimum Gasteiger partial charge on any atom is -0.478 e. The van der Waals surface area contributed by atoms with Crippen molar-refractivity contribution in [2.45, 2.75) is 25.7 Å². The number of hydrogen-bond donors (Lipinski definition) is 1. The molecule has 1 aliphatic rings. The first-order valence-corrected chi connectivity index (χ1v) is 6.55. The van der Waals surface area contributed by atoms with Crippen molar-refractivity contribution >= 4 is 5.97 Å². The summed E-state index contributed by atoms with van der Waals surface area (Å²) in [4.78, 5) is 15.3. The molecule has 0 amide bonds. The summed E-state index contributed by atoms with van der Waals surface area (Å²) in [6.45, 7) is 0. The molecule has 0 saturated carbocycles. The summed E-state index contributed by atoms with van der Waals surface area (Å²) in [5.74, 6) is -0.915. The van der Waals surface area contributed by atoms with Gasteiger partial charge >= 0.3 is 5.97 Å². The Morgan fingerprint density at radius 3 is 2.63 bits per heavy atom. The maximum absolute atomic E-state index is 11.0. The van der Waals surface area contributed by atoms with E-state index in [-0.39, 0.29) is 5.56 Å². The molecule has 0 unspecified atom stereocenters. The van der Waals surface area contributed by atoms with Gasteiger partial charge in [-0.25, -0.2) is 4.79 Å². The number of carboxylic acids is 1. The van der Waals surface area contributed by atoms with Gasteiger partial charge in [0.25, 0.3) is 0 Å². The van der Waals surface area contributed by atoms with E-state index in [1.807, 2.05) is 6.07 Å². The molecule has 1 aromatic heterocycles. The number of fused-ring (bicyclic) bond motifs is 1. The first-order valence-electron chi connectivity index (χ1n) is 6.55. The molecule has 0 fully saturated rings. The fraction of sp³-hybridized carbons (Fsp3) is 0.250. The standard InChI is InChI=1S/C16H15NO2/c18-16(19)14-7-8-17-15(10-14)13-6-5-11-3-1-2-4-12(11)9-13/h5-10H,1-4H2,(H,18,19). The zero-order valence-electron chi connectivity index (χ0n) is 10.6. The third-order valence-electron chi connectivity index (χ3n) is 3.65. The molecule has 0 atom stereocenters. The first-order chi connectivity index (χ1) is 9.24. The highest BCUT2D eigenvalue weighted by molar-refractivity contribution is 5.88. The molecule has 1 aromatic carbocycles. The number of aromatic nitrogens is 1. The van der Waals surface area contributed by atoms with Gasteiger partial charge in [0.05, 0.1) is 11.3 Å². The normalized spacial score (nSPS) is 13.9. The van der Waals surface area contributed by atoms with E-state index in [4.69, 9.17) is 5.11 Å². The number of aromatic carboxylic acids is 1. The van der Waals surface area contributed by atoms with E-state index in [0.29, 0.717) is 0 Å². The predicted molar refractivity (Wildman–Crippen MR) is 73.3 cm³/mol. The van der Waals surface area contributed by atoms with Crippen LogP contribution in [0.2, 0.25) is 0 Å². The number of rotatable bonds is 2. The second-order valence-corrected chi connectivity index (χ2v) is 4.93. The molecule has 1 heterocycles. The summed E-state index contributed by atoms with van der Waals surface area (Å²) in [6, 6.07) is 9.50. The number of pyridine rings is 1. The lowest BCUT2D eigenvalue weighted by Crippen LogP contribution is -2.03. The minimum absolute atomic E-state index is 0.280. The minimum atomic E-state index is -0.915. The van der Waals surface area contributed by atoms with Crippen LogP contribution >= 0.6 is 0 Å². The Kier molecular flexibility index (Phi) is 3.03. The molecule has 3 rings (SSSR count). The highest BCUT2D eigenvalue weighted by Crippen LogP contribution is 2.26. The number of carboxylic acid groups (broad SMARTS) is 1. The highest BCUT2D eigenvalue weighted by atomic mass is 16.4. The Morgan fingerprint density at radius 2 is 1.84 bits per heavy atom. The van der Waals surface area contributed by atoms with Gasteiger partial charge in [-0.2, -0.15) is 0 Å². The molecule has 1 aliphatic carbocycles. The summed E-state index contributed by atoms with van der Waals surface area (Å²) in [5, 5.41) is 9.02. The van der Waals surface area contributed by atoms with Crippen molar-refractivity contribution in [2.75, 3.05) is 0 Å². The fourth-order valence-corrected chi connectivity index (χ4v) is 2.61. The van der Waals surface area contributed by atoms with Crippen LogP contribution in [0, 0.1) is 0 Å². The van der Waals surface area contributed by atoms with E-state index < -0.39 is 5.97 Å². The predicted octanol–water partition coefficient (Wildman–Crippen LogP) is 3.33. The van der Waals surface area contributed by atoms with Gasteiger partial charge in [-0.05, 0) is 55.0 Å². The van der Waals surface area contributed by atoms with Gasteiger partial charge in [0.2, 0.25) is 0 Å². The molecule has 2 aromatic rings. The number of benzene rings is 1. The van der Waals surface area contributed by atoms with Crippen molar-refractivity contribution in [3.05, 3.63) is 53.2 Å². The Labute approximate surface area is 111 Å². The lowest BCUT2D eigenvalue weighted by atomic mass is 9.90. The largest absolute Gasteiger partial charge is 0.478 e. The second kappa shape index (κ2) is 4.84. The Morgan fingerprint density at radius 1 is 1.05 bits per heavy atom. The lowest BCUT2D eigenvalue weighted by Gasteiger charge is -2.16. The SMILES string of the molecule is O=C(O)c1ccnc(-c2ccc3c(c2)CCCC3)c1. The summed E-state index contributed by atoms with van der Waals surface area (Å²) in [6.07, 6.45) is 6.32. The highest BCUT2D eigenvalue weighted by Gasteiger charge is 2.11. The number of nitrogens with zero attached hydrogens (tertiary/aromatic N) is 1. The van der Waals surface area contributed by atoms with E-state index in [2.05, 4.69) is 17.1 Å². The zero-order valence-corrected chi connectivity index (χ0v) is 10.6. The molecular formula is C16H15NO2. The molecule has 0 bridgehead atoms. The second-order valence-electron chi connectivity index (χ2n) is 4.93. The van der Waals surface area contributed by atoms with Crippen molar-refractivity contribution in [1.29, 1.82) is 0 Å². The van der Waals surface area contributed by atoms with Crippen molar-refractivity contribution in [2.24, 2.45) is 0 Å². The maximum atomic E-state index is 11.0. The Hall–Kier alpha value is -2.16. The molecule has 0 spiro atoms. The summed E-state index contributed by atoms with van der Waals surface area (Å²) in [7, 11) is 0. The molecule has 3 nitrogen and oxygen atoms in total. The van der Waals surface area contributed by atoms with Crippen LogP contribution in [0.5, 0.6) is 0 Å². The van der Waals surface area contributed by atoms with E-state index in [1.54, 1.807) is 12.3 Å². The van der Waals surface area contributed by atoms with Gasteiger partial charge < -0.3 is 5.11 Å². The van der Waals surface area contributed by atoms with E-state index in [0.717, 1.165) is 24.1 Å². The van der Waals surface area contributed by atoms with Gasteiger partial charge in [-0.15, -0.1) is 0 Å². The van der Waals surface area contributed by atoms with Crippen LogP contribution in [0.15, 0.2) is 36.5 Å². The van der Waals surface area contributed by atoms with Crippen molar-refractivity contribution in [3.63, 3.8) is 0 Å². The maximum Gasteiger partial charge on any atom is 0.335 e. The van der Waals surface area contributed by atoms with Gasteiger partial charge in [0.15, 0.2) is 0 Å². The van der Waals surface area contributed by atoms with Crippen LogP contribution in [0.4, 0.5) is 0 Å². The van der Waals surface area contributed by atoms with Crippen molar-refractivity contribution < 1.29 is 9.90 Å². The Balaban J connectivity index is 2.02. The van der Waals surface area contributed by atoms with Gasteiger partial charge in [0.1, 0.15) is 0 Å². The molecular weight excluding hydrogens is 238 g/mol. The van der Waals surface area contributed by atoms with Crippen LogP contribution in [0.3, 0.4) is 0 Å². The zero-order chi connectivity index (χ0) is 13.2. The molecule has 0 radical (unpaired) electrons. The topological polar surface area (TPSA) is 50.2 Å².